The summed E-state index contributed by atoms with van der Waals surface area (Å²) in [6.45, 7) is 1.45. The van der Waals surface area contributed by atoms with E-state index in [2.05, 4.69) is 4.98 Å². The molecule has 0 saturated carbocycles. The lowest BCUT2D eigenvalue weighted by Crippen LogP contribution is -2.32. The minimum Gasteiger partial charge on any atom is -0.487 e. The smallest absolute Gasteiger partial charge is 0.247 e. The molecular formula is C17H18N2O5S. The van der Waals surface area contributed by atoms with Gasteiger partial charge in [0.05, 0.1) is 12.7 Å². The van der Waals surface area contributed by atoms with Crippen LogP contribution in [0.15, 0.2) is 47.6 Å². The van der Waals surface area contributed by atoms with Crippen LogP contribution in [0.1, 0.15) is 6.42 Å². The van der Waals surface area contributed by atoms with Crippen molar-refractivity contribution in [2.24, 2.45) is 0 Å². The fourth-order valence-electron chi connectivity index (χ4n) is 3.01. The van der Waals surface area contributed by atoms with E-state index in [9.17, 15) is 8.42 Å². The van der Waals surface area contributed by atoms with Crippen LogP contribution >= 0.6 is 0 Å². The van der Waals surface area contributed by atoms with Gasteiger partial charge in [-0.05, 0) is 30.7 Å². The molecule has 7 nitrogen and oxygen atoms in total. The average molecular weight is 362 g/mol. The van der Waals surface area contributed by atoms with Crippen molar-refractivity contribution in [2.75, 3.05) is 26.3 Å². The number of rotatable bonds is 4. The molecule has 1 aromatic carbocycles. The fourth-order valence-corrected chi connectivity index (χ4v) is 4.64. The minimum absolute atomic E-state index is 0.145. The lowest BCUT2D eigenvalue weighted by atomic mass is 10.3. The monoisotopic (exact) mass is 362 g/mol. The number of sulfonamides is 1. The van der Waals surface area contributed by atoms with Crippen LogP contribution in [0.3, 0.4) is 0 Å². The van der Waals surface area contributed by atoms with Gasteiger partial charge < -0.3 is 14.2 Å². The molecule has 1 saturated heterocycles. The highest BCUT2D eigenvalue weighted by atomic mass is 32.2. The van der Waals surface area contributed by atoms with Gasteiger partial charge in [-0.2, -0.15) is 4.31 Å². The van der Waals surface area contributed by atoms with Gasteiger partial charge >= 0.3 is 0 Å². The van der Waals surface area contributed by atoms with Crippen LogP contribution in [0.4, 0.5) is 0 Å². The number of nitrogens with zero attached hydrogens (tertiary/aromatic N) is 2. The van der Waals surface area contributed by atoms with Crippen LogP contribution in [0.5, 0.6) is 17.2 Å². The number of hydrogen-bond acceptors (Lipinski definition) is 6. The highest BCUT2D eigenvalue weighted by molar-refractivity contribution is 7.89. The lowest BCUT2D eigenvalue weighted by Gasteiger charge is -2.23. The molecule has 25 heavy (non-hydrogen) atoms. The molecule has 0 bridgehead atoms. The molecule has 8 heteroatoms. The summed E-state index contributed by atoms with van der Waals surface area (Å²) in [5, 5.41) is 0. The van der Waals surface area contributed by atoms with E-state index in [4.69, 9.17) is 14.2 Å². The second kappa shape index (κ2) is 6.53. The highest BCUT2D eigenvalue weighted by Gasteiger charge is 2.36. The van der Waals surface area contributed by atoms with Crippen molar-refractivity contribution in [3.63, 3.8) is 0 Å². The molecule has 0 amide bonds. The van der Waals surface area contributed by atoms with Gasteiger partial charge in [0.15, 0.2) is 11.5 Å². The number of aromatic nitrogens is 1. The SMILES string of the molecule is O=S(=O)(c1cccc2c1OCCO2)N1CC[C@@H](Oc2cccnc2)C1. The number of pyridine rings is 1. The van der Waals surface area contributed by atoms with E-state index in [0.29, 0.717) is 50.0 Å². The lowest BCUT2D eigenvalue weighted by molar-refractivity contribution is 0.166. The average Bonchev–Trinajstić information content (AvgIpc) is 3.11. The molecule has 0 unspecified atom stereocenters. The Morgan fingerprint density at radius 2 is 2.04 bits per heavy atom. The van der Waals surface area contributed by atoms with Crippen molar-refractivity contribution in [1.82, 2.24) is 9.29 Å². The van der Waals surface area contributed by atoms with Crippen LogP contribution in [-0.4, -0.2) is 50.1 Å². The summed E-state index contributed by atoms with van der Waals surface area (Å²) in [4.78, 5) is 4.15. The Kier molecular flexibility index (Phi) is 4.22. The summed E-state index contributed by atoms with van der Waals surface area (Å²) in [6.07, 6.45) is 3.71. The van der Waals surface area contributed by atoms with E-state index < -0.39 is 10.0 Å². The summed E-state index contributed by atoms with van der Waals surface area (Å²) in [7, 11) is -3.67. The van der Waals surface area contributed by atoms with E-state index in [1.807, 2.05) is 6.07 Å². The van der Waals surface area contributed by atoms with Crippen LogP contribution in [0, 0.1) is 0 Å². The first-order valence-corrected chi connectivity index (χ1v) is 9.54. The second-order valence-electron chi connectivity index (χ2n) is 5.86. The zero-order valence-electron chi connectivity index (χ0n) is 13.5. The molecular weight excluding hydrogens is 344 g/mol. The minimum atomic E-state index is -3.67. The van der Waals surface area contributed by atoms with Crippen molar-refractivity contribution in [2.45, 2.75) is 17.4 Å². The number of ether oxygens (including phenoxy) is 3. The van der Waals surface area contributed by atoms with Gasteiger partial charge in [-0.15, -0.1) is 0 Å². The van der Waals surface area contributed by atoms with E-state index in [1.54, 1.807) is 36.7 Å². The number of hydrogen-bond donors (Lipinski definition) is 0. The molecule has 0 aliphatic carbocycles. The quantitative estimate of drug-likeness (QED) is 0.824. The standard InChI is InChI=1S/C17H18N2O5S/c20-25(21,16-5-1-4-15-17(16)23-10-9-22-15)19-8-6-14(12-19)24-13-3-2-7-18-11-13/h1-5,7,11,14H,6,8-10,12H2/t14-/m1/s1. The molecule has 1 atom stereocenters. The predicted molar refractivity (Wildman–Crippen MR) is 89.5 cm³/mol. The molecule has 1 fully saturated rings. The van der Waals surface area contributed by atoms with Crippen LogP contribution in [0.2, 0.25) is 0 Å². The van der Waals surface area contributed by atoms with Gasteiger partial charge in [-0.3, -0.25) is 4.98 Å². The third-order valence-corrected chi connectivity index (χ3v) is 6.08. The summed E-state index contributed by atoms with van der Waals surface area (Å²) in [6, 6.07) is 8.53. The predicted octanol–water partition coefficient (Wildman–Crippen LogP) is 1.69. The molecule has 2 aliphatic rings. The van der Waals surface area contributed by atoms with Gasteiger partial charge in [0, 0.05) is 12.7 Å². The van der Waals surface area contributed by atoms with Crippen molar-refractivity contribution in [3.8, 4) is 17.2 Å². The van der Waals surface area contributed by atoms with Gasteiger partial charge in [-0.1, -0.05) is 6.07 Å². The van der Waals surface area contributed by atoms with Crippen molar-refractivity contribution in [3.05, 3.63) is 42.7 Å². The van der Waals surface area contributed by atoms with Gasteiger partial charge in [0.25, 0.3) is 0 Å². The number of fused-ring (bicyclic) bond motifs is 1. The Bertz CT molecular complexity index is 857. The summed E-state index contributed by atoms with van der Waals surface area (Å²) in [5.41, 5.74) is 0. The Morgan fingerprint density at radius 1 is 1.16 bits per heavy atom. The first kappa shape index (κ1) is 16.2. The first-order chi connectivity index (χ1) is 12.1. The normalized spacial score (nSPS) is 20.4. The summed E-state index contributed by atoms with van der Waals surface area (Å²) >= 11 is 0. The van der Waals surface area contributed by atoms with E-state index in [-0.39, 0.29) is 11.0 Å². The number of benzene rings is 1. The molecule has 0 spiro atoms. The number of para-hydroxylation sites is 1. The van der Waals surface area contributed by atoms with Crippen molar-refractivity contribution < 1.29 is 22.6 Å². The Hall–Kier alpha value is -2.32. The zero-order chi connectivity index (χ0) is 17.3. The van der Waals surface area contributed by atoms with Gasteiger partial charge in [0.1, 0.15) is 30.0 Å². The Morgan fingerprint density at radius 3 is 2.88 bits per heavy atom. The van der Waals surface area contributed by atoms with Crippen LogP contribution in [-0.2, 0) is 10.0 Å². The summed E-state index contributed by atoms with van der Waals surface area (Å²) in [5.74, 6) is 1.40. The third-order valence-electron chi connectivity index (χ3n) is 4.19. The largest absolute Gasteiger partial charge is 0.487 e. The van der Waals surface area contributed by atoms with Crippen LogP contribution < -0.4 is 14.2 Å². The molecule has 132 valence electrons. The maximum atomic E-state index is 13.0. The zero-order valence-corrected chi connectivity index (χ0v) is 14.3. The Balaban J connectivity index is 1.54. The maximum absolute atomic E-state index is 13.0. The Labute approximate surface area is 146 Å². The summed E-state index contributed by atoms with van der Waals surface area (Å²) < 4.78 is 44.3. The molecule has 2 aliphatic heterocycles. The second-order valence-corrected chi connectivity index (χ2v) is 7.77. The molecule has 0 radical (unpaired) electrons. The first-order valence-electron chi connectivity index (χ1n) is 8.10. The molecule has 1 aromatic heterocycles. The van der Waals surface area contributed by atoms with E-state index in [1.165, 1.54) is 4.31 Å². The van der Waals surface area contributed by atoms with Crippen molar-refractivity contribution in [1.29, 1.82) is 0 Å². The third kappa shape index (κ3) is 3.14. The molecule has 3 heterocycles. The molecule has 2 aromatic rings. The highest BCUT2D eigenvalue weighted by Crippen LogP contribution is 2.38. The van der Waals surface area contributed by atoms with Crippen molar-refractivity contribution >= 4 is 10.0 Å². The maximum Gasteiger partial charge on any atom is 0.247 e. The van der Waals surface area contributed by atoms with Gasteiger partial charge in [-0.25, -0.2) is 8.42 Å². The van der Waals surface area contributed by atoms with E-state index in [0.717, 1.165) is 0 Å². The van der Waals surface area contributed by atoms with Crippen LogP contribution in [0.25, 0.3) is 0 Å². The molecule has 4 rings (SSSR count). The fraction of sp³-hybridized carbons (Fsp3) is 0.353. The van der Waals surface area contributed by atoms with E-state index >= 15 is 0 Å². The van der Waals surface area contributed by atoms with Gasteiger partial charge in [0.2, 0.25) is 10.0 Å². The molecule has 0 N–H and O–H groups in total. The topological polar surface area (TPSA) is 78.0 Å².